The van der Waals surface area contributed by atoms with Crippen LogP contribution in [0.4, 0.5) is 5.69 Å². The van der Waals surface area contributed by atoms with Crippen LogP contribution in [0.1, 0.15) is 27.7 Å². The van der Waals surface area contributed by atoms with E-state index >= 15 is 0 Å². The average Bonchev–Trinajstić information content (AvgIpc) is 3.41. The predicted octanol–water partition coefficient (Wildman–Crippen LogP) is 6.97. The normalized spacial score (nSPS) is 11.3. The molecule has 0 aliphatic carbocycles. The largest absolute Gasteiger partial charge is 0.497 e. The number of amides is 1. The third-order valence-corrected chi connectivity index (χ3v) is 9.67. The highest BCUT2D eigenvalue weighted by Crippen LogP contribution is 2.33. The van der Waals surface area contributed by atoms with Gasteiger partial charge in [-0.15, -0.1) is 11.3 Å². The minimum atomic E-state index is -3.78. The van der Waals surface area contributed by atoms with Gasteiger partial charge in [-0.1, -0.05) is 60.7 Å². The van der Waals surface area contributed by atoms with E-state index in [4.69, 9.17) is 4.74 Å². The summed E-state index contributed by atoms with van der Waals surface area (Å²) in [5.74, 6) is 0.529. The van der Waals surface area contributed by atoms with E-state index in [9.17, 15) is 13.2 Å². The van der Waals surface area contributed by atoms with Crippen molar-refractivity contribution in [3.05, 3.63) is 125 Å². The van der Waals surface area contributed by atoms with E-state index in [0.717, 1.165) is 21.2 Å². The molecule has 0 aliphatic rings. The highest BCUT2D eigenvalue weighted by molar-refractivity contribution is 7.92. The molecular weight excluding hydrogens is 540 g/mol. The number of hydrogen-bond donors (Lipinski definition) is 0. The zero-order valence-corrected chi connectivity index (χ0v) is 24.0. The Morgan fingerprint density at radius 1 is 0.800 bits per heavy atom. The summed E-state index contributed by atoms with van der Waals surface area (Å²) >= 11 is 1.42. The van der Waals surface area contributed by atoms with Crippen LogP contribution in [0, 0.1) is 0 Å². The fourth-order valence-corrected chi connectivity index (χ4v) is 7.10. The monoisotopic (exact) mass is 570 g/mol. The average molecular weight is 571 g/mol. The summed E-state index contributed by atoms with van der Waals surface area (Å²) in [5.41, 5.74) is 2.66. The Kier molecular flexibility index (Phi) is 8.19. The lowest BCUT2D eigenvalue weighted by Crippen LogP contribution is -2.30. The van der Waals surface area contributed by atoms with Gasteiger partial charge in [-0.2, -0.15) is 0 Å². The predicted molar refractivity (Wildman–Crippen MR) is 161 cm³/mol. The van der Waals surface area contributed by atoms with Crippen molar-refractivity contribution in [3.8, 4) is 5.75 Å². The molecule has 0 unspecified atom stereocenters. The van der Waals surface area contributed by atoms with Gasteiger partial charge in [0.15, 0.2) is 0 Å². The lowest BCUT2D eigenvalue weighted by molar-refractivity contribution is 0.0735. The maximum Gasteiger partial charge on any atom is 0.264 e. The van der Waals surface area contributed by atoms with Gasteiger partial charge in [0.1, 0.15) is 5.75 Å². The number of fused-ring (bicyclic) bond motifs is 1. The molecule has 0 N–H and O–H groups in total. The second-order valence-electron chi connectivity index (χ2n) is 9.31. The van der Waals surface area contributed by atoms with Gasteiger partial charge in [-0.05, 0) is 72.0 Å². The molecule has 0 bridgehead atoms. The van der Waals surface area contributed by atoms with Crippen LogP contribution >= 0.6 is 11.3 Å². The second kappa shape index (κ2) is 11.9. The Morgan fingerprint density at radius 3 is 1.95 bits per heavy atom. The molecule has 1 aromatic heterocycles. The van der Waals surface area contributed by atoms with Crippen molar-refractivity contribution in [1.82, 2.24) is 4.90 Å². The summed E-state index contributed by atoms with van der Waals surface area (Å²) in [7, 11) is -2.24. The minimum Gasteiger partial charge on any atom is -0.497 e. The molecule has 1 amide bonds. The summed E-state index contributed by atoms with van der Waals surface area (Å²) in [6.45, 7) is 3.03. The standard InChI is InChI=1S/C32H30N2O4S2/c1-3-34(40(36,37)29-17-15-28(38-2)16-18-29)27-14-19-30-26(20-27)21-31(39-30)32(35)33(22-24-10-6-4-7-11-24)23-25-12-8-5-9-13-25/h4-21H,3,22-23H2,1-2H3. The molecule has 0 saturated carbocycles. The first-order valence-corrected chi connectivity index (χ1v) is 15.2. The maximum atomic E-state index is 13.8. The molecular formula is C32H30N2O4S2. The van der Waals surface area contributed by atoms with Crippen LogP contribution < -0.4 is 9.04 Å². The molecule has 8 heteroatoms. The minimum absolute atomic E-state index is 0.0614. The number of sulfonamides is 1. The van der Waals surface area contributed by atoms with E-state index in [1.54, 1.807) is 44.4 Å². The van der Waals surface area contributed by atoms with Gasteiger partial charge in [0.05, 0.1) is 22.6 Å². The third kappa shape index (κ3) is 5.88. The Hall–Kier alpha value is -4.14. The fourth-order valence-electron chi connectivity index (χ4n) is 4.62. The van der Waals surface area contributed by atoms with Crippen LogP contribution in [0.25, 0.3) is 10.1 Å². The topological polar surface area (TPSA) is 66.9 Å². The summed E-state index contributed by atoms with van der Waals surface area (Å²) in [5, 5.41) is 0.827. The van der Waals surface area contributed by atoms with Gasteiger partial charge in [0, 0.05) is 24.3 Å². The number of carbonyl (C=O) groups excluding carboxylic acids is 1. The first-order valence-electron chi connectivity index (χ1n) is 13.0. The molecule has 40 heavy (non-hydrogen) atoms. The van der Waals surface area contributed by atoms with Crippen molar-refractivity contribution >= 4 is 43.0 Å². The van der Waals surface area contributed by atoms with Crippen molar-refractivity contribution in [2.24, 2.45) is 0 Å². The molecule has 4 aromatic carbocycles. The summed E-state index contributed by atoms with van der Waals surface area (Å²) in [6, 6.07) is 33.6. The van der Waals surface area contributed by atoms with Crippen LogP contribution in [0.5, 0.6) is 5.75 Å². The molecule has 5 rings (SSSR count). The quantitative estimate of drug-likeness (QED) is 0.182. The third-order valence-electron chi connectivity index (χ3n) is 6.65. The summed E-state index contributed by atoms with van der Waals surface area (Å²) in [6.07, 6.45) is 0. The summed E-state index contributed by atoms with van der Waals surface area (Å²) < 4.78 is 34.4. The van der Waals surface area contributed by atoms with Crippen molar-refractivity contribution in [2.45, 2.75) is 24.9 Å². The van der Waals surface area contributed by atoms with E-state index < -0.39 is 10.0 Å². The lowest BCUT2D eigenvalue weighted by atomic mass is 10.1. The summed E-state index contributed by atoms with van der Waals surface area (Å²) in [4.78, 5) is 16.5. The van der Waals surface area contributed by atoms with Crippen molar-refractivity contribution < 1.29 is 17.9 Å². The molecule has 6 nitrogen and oxygen atoms in total. The molecule has 0 spiro atoms. The smallest absolute Gasteiger partial charge is 0.264 e. The van der Waals surface area contributed by atoms with Gasteiger partial charge in [-0.3, -0.25) is 9.10 Å². The van der Waals surface area contributed by atoms with Crippen LogP contribution in [0.15, 0.2) is 114 Å². The number of methoxy groups -OCH3 is 1. The second-order valence-corrected chi connectivity index (χ2v) is 12.3. The molecule has 0 atom stereocenters. The van der Waals surface area contributed by atoms with Gasteiger partial charge in [-0.25, -0.2) is 8.42 Å². The zero-order valence-electron chi connectivity index (χ0n) is 22.4. The number of carbonyl (C=O) groups is 1. The SMILES string of the molecule is CCN(c1ccc2sc(C(=O)N(Cc3ccccc3)Cc3ccccc3)cc2c1)S(=O)(=O)c1ccc(OC)cc1. The van der Waals surface area contributed by atoms with Gasteiger partial charge in [0.2, 0.25) is 0 Å². The Labute approximate surface area is 239 Å². The molecule has 0 saturated heterocycles. The van der Waals surface area contributed by atoms with E-state index in [2.05, 4.69) is 0 Å². The lowest BCUT2D eigenvalue weighted by Gasteiger charge is -2.23. The van der Waals surface area contributed by atoms with Gasteiger partial charge < -0.3 is 9.64 Å². The number of anilines is 1. The molecule has 204 valence electrons. The van der Waals surface area contributed by atoms with Crippen LogP contribution in [-0.2, 0) is 23.1 Å². The molecule has 5 aromatic rings. The first kappa shape index (κ1) is 27.4. The van der Waals surface area contributed by atoms with E-state index in [1.165, 1.54) is 15.6 Å². The highest BCUT2D eigenvalue weighted by Gasteiger charge is 2.25. The number of hydrogen-bond acceptors (Lipinski definition) is 5. The molecule has 0 aliphatic heterocycles. The van der Waals surface area contributed by atoms with Crippen LogP contribution in [-0.4, -0.2) is 32.9 Å². The van der Waals surface area contributed by atoms with Crippen LogP contribution in [0.2, 0.25) is 0 Å². The highest BCUT2D eigenvalue weighted by atomic mass is 32.2. The number of benzene rings is 4. The van der Waals surface area contributed by atoms with Crippen molar-refractivity contribution in [3.63, 3.8) is 0 Å². The van der Waals surface area contributed by atoms with Crippen LogP contribution in [0.3, 0.4) is 0 Å². The Morgan fingerprint density at radius 2 is 1.40 bits per heavy atom. The molecule has 0 radical (unpaired) electrons. The first-order chi connectivity index (χ1) is 19.4. The van der Waals surface area contributed by atoms with E-state index in [0.29, 0.717) is 29.4 Å². The number of rotatable bonds is 10. The van der Waals surface area contributed by atoms with Gasteiger partial charge in [0.25, 0.3) is 15.9 Å². The van der Waals surface area contributed by atoms with Crippen molar-refractivity contribution in [1.29, 1.82) is 0 Å². The van der Waals surface area contributed by atoms with Crippen molar-refractivity contribution in [2.75, 3.05) is 18.0 Å². The van der Waals surface area contributed by atoms with E-state index in [1.807, 2.05) is 83.8 Å². The number of nitrogens with zero attached hydrogens (tertiary/aromatic N) is 2. The van der Waals surface area contributed by atoms with Gasteiger partial charge >= 0.3 is 0 Å². The maximum absolute atomic E-state index is 13.8. The fraction of sp³-hybridized carbons (Fsp3) is 0.156. The molecule has 0 fully saturated rings. The zero-order chi connectivity index (χ0) is 28.1. The Balaban J connectivity index is 1.45. The number of thiophene rings is 1. The number of ether oxygens (including phenoxy) is 1. The van der Waals surface area contributed by atoms with E-state index in [-0.39, 0.29) is 17.3 Å². The molecule has 1 heterocycles. The Bertz CT molecular complexity index is 1660.